The summed E-state index contributed by atoms with van der Waals surface area (Å²) in [5.74, 6) is 4.08. The first-order chi connectivity index (χ1) is 11.6. The van der Waals surface area contributed by atoms with Crippen LogP contribution in [0.3, 0.4) is 0 Å². The van der Waals surface area contributed by atoms with Gasteiger partial charge in [0.05, 0.1) is 7.11 Å². The molecule has 128 valence electrons. The van der Waals surface area contributed by atoms with Crippen LogP contribution >= 0.6 is 15.9 Å². The van der Waals surface area contributed by atoms with Crippen LogP contribution in [0.4, 0.5) is 0 Å². The third-order valence-corrected chi connectivity index (χ3v) is 6.63. The number of carbonyl (C=O) groups excluding carboxylic acids is 1. The van der Waals surface area contributed by atoms with E-state index in [0.29, 0.717) is 17.9 Å². The van der Waals surface area contributed by atoms with Gasteiger partial charge in [0.25, 0.3) is 0 Å². The largest absolute Gasteiger partial charge is 0.496 e. The highest BCUT2D eigenvalue weighted by Crippen LogP contribution is 2.53. The highest BCUT2D eigenvalue weighted by atomic mass is 79.9. The molecule has 0 spiro atoms. The quantitative estimate of drug-likeness (QED) is 0.774. The summed E-state index contributed by atoms with van der Waals surface area (Å²) in [7, 11) is 1.65. The van der Waals surface area contributed by atoms with E-state index in [-0.39, 0.29) is 5.91 Å². The fourth-order valence-electron chi connectivity index (χ4n) is 5.37. The second-order valence-corrected chi connectivity index (χ2v) is 8.60. The summed E-state index contributed by atoms with van der Waals surface area (Å²) in [4.78, 5) is 12.4. The number of benzene rings is 1. The molecular weight excluding hydrogens is 366 g/mol. The van der Waals surface area contributed by atoms with Crippen molar-refractivity contribution in [2.45, 2.75) is 38.1 Å². The lowest BCUT2D eigenvalue weighted by molar-refractivity contribution is -0.120. The van der Waals surface area contributed by atoms with Crippen molar-refractivity contribution in [2.75, 3.05) is 7.11 Å². The van der Waals surface area contributed by atoms with Crippen molar-refractivity contribution in [3.63, 3.8) is 0 Å². The van der Waals surface area contributed by atoms with Gasteiger partial charge in [-0.3, -0.25) is 4.79 Å². The molecule has 0 saturated heterocycles. The Balaban J connectivity index is 1.43. The first-order valence-electron chi connectivity index (χ1n) is 8.94. The van der Waals surface area contributed by atoms with E-state index in [2.05, 4.69) is 21.2 Å². The van der Waals surface area contributed by atoms with Crippen LogP contribution in [0.5, 0.6) is 5.75 Å². The molecule has 1 aromatic rings. The predicted molar refractivity (Wildman–Crippen MR) is 98.7 cm³/mol. The van der Waals surface area contributed by atoms with Crippen molar-refractivity contribution < 1.29 is 9.53 Å². The van der Waals surface area contributed by atoms with Gasteiger partial charge in [0.2, 0.25) is 5.91 Å². The zero-order chi connectivity index (χ0) is 16.7. The molecule has 3 nitrogen and oxygen atoms in total. The number of carbonyl (C=O) groups is 1. The Hall–Kier alpha value is -1.29. The second kappa shape index (κ2) is 6.55. The van der Waals surface area contributed by atoms with Crippen LogP contribution in [0.15, 0.2) is 28.7 Å². The van der Waals surface area contributed by atoms with Crippen molar-refractivity contribution in [3.05, 3.63) is 34.3 Å². The summed E-state index contributed by atoms with van der Waals surface area (Å²) in [6.45, 7) is 0. The van der Waals surface area contributed by atoms with E-state index in [4.69, 9.17) is 4.74 Å². The lowest BCUT2D eigenvalue weighted by Crippen LogP contribution is -2.55. The fourth-order valence-corrected chi connectivity index (χ4v) is 5.75. The third kappa shape index (κ3) is 3.13. The molecule has 1 amide bonds. The minimum Gasteiger partial charge on any atom is -0.496 e. The van der Waals surface area contributed by atoms with Crippen LogP contribution in [0.1, 0.15) is 37.7 Å². The van der Waals surface area contributed by atoms with Gasteiger partial charge in [-0.05, 0) is 80.1 Å². The van der Waals surface area contributed by atoms with E-state index < -0.39 is 0 Å². The molecule has 0 aromatic heterocycles. The molecule has 0 radical (unpaired) electrons. The third-order valence-electron chi connectivity index (χ3n) is 6.14. The van der Waals surface area contributed by atoms with E-state index in [1.54, 1.807) is 13.2 Å². The number of methoxy groups -OCH3 is 1. The molecule has 1 N–H and O–H groups in total. The molecule has 0 heterocycles. The summed E-state index contributed by atoms with van der Waals surface area (Å²) < 4.78 is 6.33. The molecule has 24 heavy (non-hydrogen) atoms. The van der Waals surface area contributed by atoms with Crippen molar-refractivity contribution in [2.24, 2.45) is 23.7 Å². The highest BCUT2D eigenvalue weighted by Gasteiger charge is 2.48. The minimum absolute atomic E-state index is 0.0227. The Morgan fingerprint density at radius 3 is 2.46 bits per heavy atom. The molecule has 4 saturated carbocycles. The summed E-state index contributed by atoms with van der Waals surface area (Å²) in [6.07, 6.45) is 10.2. The average molecular weight is 390 g/mol. The van der Waals surface area contributed by atoms with Crippen LogP contribution in [0.2, 0.25) is 0 Å². The van der Waals surface area contributed by atoms with E-state index >= 15 is 0 Å². The maximum atomic E-state index is 12.4. The van der Waals surface area contributed by atoms with Gasteiger partial charge in [0, 0.05) is 22.2 Å². The molecule has 0 aliphatic heterocycles. The predicted octanol–water partition coefficient (Wildman–Crippen LogP) is 4.41. The van der Waals surface area contributed by atoms with Gasteiger partial charge in [-0.15, -0.1) is 0 Å². The van der Waals surface area contributed by atoms with Crippen molar-refractivity contribution in [3.8, 4) is 5.75 Å². The van der Waals surface area contributed by atoms with Gasteiger partial charge in [-0.25, -0.2) is 0 Å². The maximum absolute atomic E-state index is 12.4. The van der Waals surface area contributed by atoms with Crippen LogP contribution in [0, 0.1) is 23.7 Å². The lowest BCUT2D eigenvalue weighted by atomic mass is 9.54. The molecule has 4 aliphatic rings. The average Bonchev–Trinajstić information content (AvgIpc) is 2.56. The molecule has 4 fully saturated rings. The number of halogens is 1. The van der Waals surface area contributed by atoms with Crippen molar-refractivity contribution >= 4 is 27.9 Å². The zero-order valence-electron chi connectivity index (χ0n) is 14.0. The van der Waals surface area contributed by atoms with Crippen LogP contribution in [-0.2, 0) is 4.79 Å². The van der Waals surface area contributed by atoms with Gasteiger partial charge in [0.1, 0.15) is 5.75 Å². The lowest BCUT2D eigenvalue weighted by Gasteiger charge is -2.54. The summed E-state index contributed by atoms with van der Waals surface area (Å²) >= 11 is 3.46. The van der Waals surface area contributed by atoms with Crippen LogP contribution in [0.25, 0.3) is 6.08 Å². The van der Waals surface area contributed by atoms with Crippen molar-refractivity contribution in [1.29, 1.82) is 0 Å². The number of amides is 1. The standard InChI is InChI=1S/C20H24BrNO2/c1-24-18-4-3-17(21)11-14(18)2-5-19(23)22-20-15-7-12-6-13(9-15)10-16(20)8-12/h2-5,11-13,15-16,20H,6-10H2,1H3,(H,22,23). The molecule has 1 aromatic carbocycles. The molecular formula is C20H24BrNO2. The number of ether oxygens (including phenoxy) is 1. The molecule has 4 bridgehead atoms. The van der Waals surface area contributed by atoms with Gasteiger partial charge >= 0.3 is 0 Å². The van der Waals surface area contributed by atoms with Gasteiger partial charge in [0.15, 0.2) is 0 Å². The monoisotopic (exact) mass is 389 g/mol. The number of hydrogen-bond acceptors (Lipinski definition) is 2. The van der Waals surface area contributed by atoms with Crippen LogP contribution in [-0.4, -0.2) is 19.1 Å². The SMILES string of the molecule is COc1ccc(Br)cc1C=CC(=O)NC1C2CC3CC(C2)CC1C3. The number of hydrogen-bond donors (Lipinski definition) is 1. The summed E-state index contributed by atoms with van der Waals surface area (Å²) in [5, 5.41) is 3.31. The van der Waals surface area contributed by atoms with E-state index in [0.717, 1.165) is 27.6 Å². The summed E-state index contributed by atoms with van der Waals surface area (Å²) in [5.41, 5.74) is 0.909. The Morgan fingerprint density at radius 2 is 1.83 bits per heavy atom. The Labute approximate surface area is 152 Å². The normalized spacial score (nSPS) is 33.8. The maximum Gasteiger partial charge on any atom is 0.244 e. The highest BCUT2D eigenvalue weighted by molar-refractivity contribution is 9.10. The summed E-state index contributed by atoms with van der Waals surface area (Å²) in [6, 6.07) is 6.19. The van der Waals surface area contributed by atoms with E-state index in [1.165, 1.54) is 32.1 Å². The topological polar surface area (TPSA) is 38.3 Å². The molecule has 0 unspecified atom stereocenters. The van der Waals surface area contributed by atoms with Crippen LogP contribution < -0.4 is 10.1 Å². The van der Waals surface area contributed by atoms with Crippen molar-refractivity contribution in [1.82, 2.24) is 5.32 Å². The van der Waals surface area contributed by atoms with Gasteiger partial charge in [-0.1, -0.05) is 15.9 Å². The number of nitrogens with one attached hydrogen (secondary N) is 1. The van der Waals surface area contributed by atoms with E-state index in [9.17, 15) is 4.79 Å². The number of rotatable bonds is 4. The second-order valence-electron chi connectivity index (χ2n) is 7.68. The van der Waals surface area contributed by atoms with Gasteiger partial charge in [-0.2, -0.15) is 0 Å². The molecule has 4 aliphatic carbocycles. The smallest absolute Gasteiger partial charge is 0.244 e. The Kier molecular flexibility index (Phi) is 4.42. The molecule has 4 heteroatoms. The Morgan fingerprint density at radius 1 is 1.17 bits per heavy atom. The Bertz CT molecular complexity index is 642. The molecule has 0 atom stereocenters. The molecule has 5 rings (SSSR count). The van der Waals surface area contributed by atoms with Gasteiger partial charge < -0.3 is 10.1 Å². The zero-order valence-corrected chi connectivity index (χ0v) is 15.6. The van der Waals surface area contributed by atoms with E-state index in [1.807, 2.05) is 24.3 Å². The first-order valence-corrected chi connectivity index (χ1v) is 9.74. The fraction of sp³-hybridized carbons (Fsp3) is 0.550. The minimum atomic E-state index is 0.0227. The first kappa shape index (κ1) is 16.2.